The summed E-state index contributed by atoms with van der Waals surface area (Å²) in [6.07, 6.45) is 2.12. The molecule has 34 heavy (non-hydrogen) atoms. The van der Waals surface area contributed by atoms with Crippen molar-refractivity contribution in [3.8, 4) is 22.7 Å². The zero-order chi connectivity index (χ0) is 23.7. The predicted molar refractivity (Wildman–Crippen MR) is 130 cm³/mol. The molecule has 0 aliphatic carbocycles. The van der Waals surface area contributed by atoms with Crippen LogP contribution in [0.5, 0.6) is 5.75 Å². The lowest BCUT2D eigenvalue weighted by atomic mass is 10.1. The third-order valence-corrected chi connectivity index (χ3v) is 8.29. The number of ether oxygens (including phenoxy) is 1. The number of benzene rings is 2. The second-order valence-corrected chi connectivity index (χ2v) is 11.0. The van der Waals surface area contributed by atoms with Crippen molar-refractivity contribution in [1.29, 1.82) is 0 Å². The lowest BCUT2D eigenvalue weighted by Gasteiger charge is -2.28. The number of nitrogens with one attached hydrogen (secondary N) is 1. The summed E-state index contributed by atoms with van der Waals surface area (Å²) < 4.78 is 31.8. The van der Waals surface area contributed by atoms with Crippen molar-refractivity contribution in [3.63, 3.8) is 0 Å². The molecule has 1 aromatic heterocycles. The summed E-state index contributed by atoms with van der Waals surface area (Å²) in [4.78, 5) is 15.5. The van der Waals surface area contributed by atoms with Crippen molar-refractivity contribution in [1.82, 2.24) is 20.0 Å². The van der Waals surface area contributed by atoms with E-state index in [-0.39, 0.29) is 29.1 Å². The Morgan fingerprint density at radius 3 is 2.41 bits per heavy atom. The van der Waals surface area contributed by atoms with Gasteiger partial charge in [0, 0.05) is 11.6 Å². The highest BCUT2D eigenvalue weighted by atomic mass is 32.2. The van der Waals surface area contributed by atoms with E-state index in [1.54, 1.807) is 17.9 Å². The molecule has 2 saturated heterocycles. The van der Waals surface area contributed by atoms with Gasteiger partial charge in [-0.2, -0.15) is 5.10 Å². The number of likely N-dealkylation sites (tertiary alicyclic amines) is 1. The molecule has 2 aromatic carbocycles. The SMILES string of the molecule is COc1ccc(-c2cc(C(=O)NC3CS(=O)(=O)CC3N3CCCC3)nn2-c2ccccc2)cc1. The Labute approximate surface area is 199 Å². The number of hydrogen-bond donors (Lipinski definition) is 1. The molecule has 1 amide bonds. The van der Waals surface area contributed by atoms with E-state index in [0.29, 0.717) is 0 Å². The smallest absolute Gasteiger partial charge is 0.272 e. The van der Waals surface area contributed by atoms with Crippen LogP contribution in [0.3, 0.4) is 0 Å². The molecule has 0 radical (unpaired) electrons. The van der Waals surface area contributed by atoms with Crippen LogP contribution in [0.1, 0.15) is 23.3 Å². The van der Waals surface area contributed by atoms with Crippen molar-refractivity contribution in [3.05, 3.63) is 66.4 Å². The second-order valence-electron chi connectivity index (χ2n) is 8.86. The molecule has 2 fully saturated rings. The maximum atomic E-state index is 13.3. The van der Waals surface area contributed by atoms with Gasteiger partial charge < -0.3 is 10.1 Å². The molecule has 5 rings (SSSR count). The van der Waals surface area contributed by atoms with E-state index in [1.165, 1.54) is 0 Å². The molecule has 3 aromatic rings. The fraction of sp³-hybridized carbons (Fsp3) is 0.360. The highest BCUT2D eigenvalue weighted by Crippen LogP contribution is 2.27. The van der Waals surface area contributed by atoms with E-state index in [2.05, 4.69) is 15.3 Å². The van der Waals surface area contributed by atoms with Gasteiger partial charge in [0.05, 0.1) is 36.0 Å². The number of nitrogens with zero attached hydrogens (tertiary/aromatic N) is 3. The minimum atomic E-state index is -3.20. The van der Waals surface area contributed by atoms with E-state index in [4.69, 9.17) is 4.74 Å². The molecule has 1 N–H and O–H groups in total. The van der Waals surface area contributed by atoms with Gasteiger partial charge in [-0.15, -0.1) is 0 Å². The maximum Gasteiger partial charge on any atom is 0.272 e. The van der Waals surface area contributed by atoms with Gasteiger partial charge in [-0.05, 0) is 68.4 Å². The Morgan fingerprint density at radius 1 is 1.03 bits per heavy atom. The molecular formula is C25H28N4O4S. The van der Waals surface area contributed by atoms with Crippen LogP contribution in [0.2, 0.25) is 0 Å². The van der Waals surface area contributed by atoms with Gasteiger partial charge in [0.15, 0.2) is 15.5 Å². The van der Waals surface area contributed by atoms with E-state index < -0.39 is 15.9 Å². The molecule has 0 saturated carbocycles. The largest absolute Gasteiger partial charge is 0.497 e. The van der Waals surface area contributed by atoms with Crippen LogP contribution < -0.4 is 10.1 Å². The summed E-state index contributed by atoms with van der Waals surface area (Å²) in [5.41, 5.74) is 2.72. The first-order chi connectivity index (χ1) is 16.4. The summed E-state index contributed by atoms with van der Waals surface area (Å²) in [5.74, 6) is 0.427. The Balaban J connectivity index is 1.46. The standard InChI is InChI=1S/C25H28N4O4S/c1-33-20-11-9-18(10-12-20)23-15-21(27-29(23)19-7-3-2-4-8-19)25(30)26-22-16-34(31,32)17-24(22)28-13-5-6-14-28/h2-4,7-12,15,22,24H,5-6,13-14,16-17H2,1H3,(H,26,30). The summed E-state index contributed by atoms with van der Waals surface area (Å²) in [7, 11) is -1.58. The maximum absolute atomic E-state index is 13.3. The Hall–Kier alpha value is -3.17. The average Bonchev–Trinajstić information content (AvgIpc) is 3.58. The van der Waals surface area contributed by atoms with E-state index in [1.807, 2.05) is 54.6 Å². The van der Waals surface area contributed by atoms with Gasteiger partial charge in [-0.3, -0.25) is 9.69 Å². The molecule has 0 spiro atoms. The van der Waals surface area contributed by atoms with Gasteiger partial charge in [0.2, 0.25) is 0 Å². The minimum Gasteiger partial charge on any atom is -0.497 e. The molecule has 2 atom stereocenters. The van der Waals surface area contributed by atoms with Crippen molar-refractivity contribution in [2.24, 2.45) is 0 Å². The number of carbonyl (C=O) groups is 1. The van der Waals surface area contributed by atoms with Crippen LogP contribution in [-0.2, 0) is 9.84 Å². The number of methoxy groups -OCH3 is 1. The summed E-state index contributed by atoms with van der Waals surface area (Å²) in [6, 6.07) is 18.3. The van der Waals surface area contributed by atoms with E-state index in [9.17, 15) is 13.2 Å². The monoisotopic (exact) mass is 480 g/mol. The van der Waals surface area contributed by atoms with Gasteiger partial charge in [0.1, 0.15) is 5.75 Å². The molecule has 178 valence electrons. The van der Waals surface area contributed by atoms with Gasteiger partial charge in [-0.25, -0.2) is 13.1 Å². The fourth-order valence-electron chi connectivity index (χ4n) is 4.87. The third-order valence-electron chi connectivity index (χ3n) is 6.58. The number of hydrogen-bond acceptors (Lipinski definition) is 6. The van der Waals surface area contributed by atoms with Crippen LogP contribution >= 0.6 is 0 Å². The first kappa shape index (κ1) is 22.6. The summed E-state index contributed by atoms with van der Waals surface area (Å²) in [5, 5.41) is 7.59. The fourth-order valence-corrected chi connectivity index (χ4v) is 6.82. The topological polar surface area (TPSA) is 93.5 Å². The first-order valence-electron chi connectivity index (χ1n) is 11.5. The average molecular weight is 481 g/mol. The number of para-hydroxylation sites is 1. The van der Waals surface area contributed by atoms with Crippen molar-refractivity contribution < 1.29 is 17.9 Å². The molecule has 2 unspecified atom stereocenters. The van der Waals surface area contributed by atoms with Crippen LogP contribution in [0.25, 0.3) is 16.9 Å². The molecule has 8 nitrogen and oxygen atoms in total. The minimum absolute atomic E-state index is 0.0371. The zero-order valence-electron chi connectivity index (χ0n) is 19.1. The van der Waals surface area contributed by atoms with Crippen LogP contribution in [0.15, 0.2) is 60.7 Å². The summed E-state index contributed by atoms with van der Waals surface area (Å²) >= 11 is 0. The molecular weight excluding hydrogens is 452 g/mol. The first-order valence-corrected chi connectivity index (χ1v) is 13.3. The van der Waals surface area contributed by atoms with E-state index >= 15 is 0 Å². The second kappa shape index (κ2) is 9.23. The molecule has 9 heteroatoms. The Bertz CT molecular complexity index is 1270. The highest BCUT2D eigenvalue weighted by molar-refractivity contribution is 7.91. The number of carbonyl (C=O) groups excluding carboxylic acids is 1. The van der Waals surface area contributed by atoms with Gasteiger partial charge in [-0.1, -0.05) is 18.2 Å². The van der Waals surface area contributed by atoms with Crippen LogP contribution in [-0.4, -0.2) is 72.8 Å². The lowest BCUT2D eigenvalue weighted by Crippen LogP contribution is -2.50. The third kappa shape index (κ3) is 4.58. The van der Waals surface area contributed by atoms with Gasteiger partial charge >= 0.3 is 0 Å². The summed E-state index contributed by atoms with van der Waals surface area (Å²) in [6.45, 7) is 1.74. The van der Waals surface area contributed by atoms with E-state index in [0.717, 1.165) is 48.6 Å². The lowest BCUT2D eigenvalue weighted by molar-refractivity contribution is 0.0913. The van der Waals surface area contributed by atoms with Crippen molar-refractivity contribution in [2.45, 2.75) is 24.9 Å². The number of amides is 1. The molecule has 3 heterocycles. The van der Waals surface area contributed by atoms with Gasteiger partial charge in [0.25, 0.3) is 5.91 Å². The normalized spacial score (nSPS) is 22.0. The van der Waals surface area contributed by atoms with Crippen molar-refractivity contribution >= 4 is 15.7 Å². The highest BCUT2D eigenvalue weighted by Gasteiger charge is 2.42. The Morgan fingerprint density at radius 2 is 1.74 bits per heavy atom. The predicted octanol–water partition coefficient (Wildman–Crippen LogP) is 2.54. The van der Waals surface area contributed by atoms with Crippen LogP contribution in [0.4, 0.5) is 0 Å². The Kier molecular flexibility index (Phi) is 6.14. The number of sulfone groups is 1. The number of aromatic nitrogens is 2. The molecule has 2 aliphatic rings. The number of rotatable bonds is 6. The van der Waals surface area contributed by atoms with Crippen LogP contribution in [0, 0.1) is 0 Å². The zero-order valence-corrected chi connectivity index (χ0v) is 19.9. The molecule has 0 bridgehead atoms. The van der Waals surface area contributed by atoms with Crippen molar-refractivity contribution in [2.75, 3.05) is 31.7 Å². The quantitative estimate of drug-likeness (QED) is 0.583. The molecule has 2 aliphatic heterocycles.